The molecule has 3 aliphatic heterocycles. The fourth-order valence-electron chi connectivity index (χ4n) is 5.20. The van der Waals surface area contributed by atoms with Crippen LogP contribution in [-0.4, -0.2) is 29.7 Å². The van der Waals surface area contributed by atoms with Gasteiger partial charge in [0.15, 0.2) is 0 Å². The molecule has 3 heterocycles. The van der Waals surface area contributed by atoms with E-state index in [9.17, 15) is 4.39 Å². The highest BCUT2D eigenvalue weighted by atomic mass is 19.1. The van der Waals surface area contributed by atoms with E-state index < -0.39 is 0 Å². The van der Waals surface area contributed by atoms with Gasteiger partial charge in [0.2, 0.25) is 0 Å². The van der Waals surface area contributed by atoms with Gasteiger partial charge in [0.1, 0.15) is 5.82 Å². The monoisotopic (exact) mass is 398 g/mol. The molecule has 3 aromatic rings. The van der Waals surface area contributed by atoms with Crippen molar-refractivity contribution in [2.45, 2.75) is 31.3 Å². The molecule has 3 aliphatic rings. The molecule has 0 aliphatic carbocycles. The molecule has 0 N–H and O–H groups in total. The van der Waals surface area contributed by atoms with Crippen LogP contribution in [-0.2, 0) is 6.54 Å². The van der Waals surface area contributed by atoms with Crippen molar-refractivity contribution < 1.29 is 4.39 Å². The van der Waals surface area contributed by atoms with Crippen molar-refractivity contribution in [3.8, 4) is 0 Å². The number of fused-ring (bicyclic) bond motifs is 3. The predicted molar refractivity (Wildman–Crippen MR) is 120 cm³/mol. The number of piperidine rings is 3. The van der Waals surface area contributed by atoms with E-state index in [-0.39, 0.29) is 17.8 Å². The molecule has 30 heavy (non-hydrogen) atoms. The lowest BCUT2D eigenvalue weighted by molar-refractivity contribution is 0.135. The van der Waals surface area contributed by atoms with Gasteiger partial charge in [0.25, 0.3) is 0 Å². The van der Waals surface area contributed by atoms with Crippen LogP contribution in [0.4, 0.5) is 4.39 Å². The predicted octanol–water partition coefficient (Wildman–Crippen LogP) is 5.69. The molecule has 0 amide bonds. The summed E-state index contributed by atoms with van der Waals surface area (Å²) in [4.78, 5) is 7.76. The highest BCUT2D eigenvalue weighted by Crippen LogP contribution is 2.40. The summed E-state index contributed by atoms with van der Waals surface area (Å²) < 4.78 is 13.7. The normalized spacial score (nSPS) is 24.5. The van der Waals surface area contributed by atoms with Crippen molar-refractivity contribution in [2.75, 3.05) is 13.1 Å². The second-order valence-electron chi connectivity index (χ2n) is 8.43. The lowest BCUT2D eigenvalue weighted by Crippen LogP contribution is -2.58. The van der Waals surface area contributed by atoms with Gasteiger partial charge in [0.05, 0.1) is 12.6 Å². The molecule has 2 nitrogen and oxygen atoms in total. The van der Waals surface area contributed by atoms with E-state index in [1.165, 1.54) is 35.7 Å². The molecule has 1 unspecified atom stereocenters. The van der Waals surface area contributed by atoms with Crippen molar-refractivity contribution in [1.29, 1.82) is 0 Å². The summed E-state index contributed by atoms with van der Waals surface area (Å²) in [6.07, 6.45) is 2.35. The average molecular weight is 399 g/mol. The maximum Gasteiger partial charge on any atom is 0.123 e. The number of aliphatic imine (C=N–C) groups is 1. The minimum absolute atomic E-state index is 0.190. The zero-order valence-electron chi connectivity index (χ0n) is 17.1. The van der Waals surface area contributed by atoms with Gasteiger partial charge in [-0.2, -0.15) is 0 Å². The van der Waals surface area contributed by atoms with E-state index in [4.69, 9.17) is 4.99 Å². The van der Waals surface area contributed by atoms with Crippen LogP contribution in [0.15, 0.2) is 89.9 Å². The summed E-state index contributed by atoms with van der Waals surface area (Å²) in [6.45, 7) is 2.80. The second kappa shape index (κ2) is 8.53. The third-order valence-electron chi connectivity index (χ3n) is 6.61. The topological polar surface area (TPSA) is 15.6 Å². The minimum atomic E-state index is -0.190. The molecule has 3 aromatic carbocycles. The first kappa shape index (κ1) is 19.2. The maximum atomic E-state index is 13.7. The summed E-state index contributed by atoms with van der Waals surface area (Å²) in [7, 11) is 0. The summed E-state index contributed by atoms with van der Waals surface area (Å²) in [5, 5.41) is 0. The van der Waals surface area contributed by atoms with Gasteiger partial charge in [0, 0.05) is 17.5 Å². The SMILES string of the molecule is Fc1cccc(CN=C2C3CCN(CC3)C2C(c2ccccc2)c2ccccc2)c1. The minimum Gasteiger partial charge on any atom is -0.294 e. The molecule has 3 fully saturated rings. The molecule has 6 rings (SSSR count). The Hall–Kier alpha value is -2.78. The number of benzene rings is 3. The molecule has 1 atom stereocenters. The van der Waals surface area contributed by atoms with E-state index in [1.807, 2.05) is 6.07 Å². The van der Waals surface area contributed by atoms with Crippen molar-refractivity contribution >= 4 is 5.71 Å². The molecular formula is C27H27FN2. The molecule has 0 radical (unpaired) electrons. The zero-order chi connectivity index (χ0) is 20.3. The Morgan fingerprint density at radius 2 is 1.47 bits per heavy atom. The number of rotatable bonds is 5. The Labute approximate surface area is 178 Å². The number of hydrogen-bond donors (Lipinski definition) is 0. The first-order valence-electron chi connectivity index (χ1n) is 10.9. The highest BCUT2D eigenvalue weighted by molar-refractivity contribution is 5.94. The van der Waals surface area contributed by atoms with Crippen molar-refractivity contribution in [2.24, 2.45) is 10.9 Å². The summed E-state index contributed by atoms with van der Waals surface area (Å²) in [6, 6.07) is 28.7. The Bertz CT molecular complexity index is 968. The quantitative estimate of drug-likeness (QED) is 0.539. The molecular weight excluding hydrogens is 371 g/mol. The molecule has 0 spiro atoms. The van der Waals surface area contributed by atoms with Crippen molar-refractivity contribution in [3.05, 3.63) is 107 Å². The van der Waals surface area contributed by atoms with Crippen LogP contribution in [0.25, 0.3) is 0 Å². The van der Waals surface area contributed by atoms with Gasteiger partial charge in [-0.3, -0.25) is 9.89 Å². The Balaban J connectivity index is 1.56. The summed E-state index contributed by atoms with van der Waals surface area (Å²) in [5.74, 6) is 0.592. The largest absolute Gasteiger partial charge is 0.294 e. The van der Waals surface area contributed by atoms with Crippen LogP contribution >= 0.6 is 0 Å². The Morgan fingerprint density at radius 3 is 2.07 bits per heavy atom. The standard InChI is InChI=1S/C27H27FN2/c28-24-13-7-8-20(18-24)19-29-26-23-14-16-30(17-15-23)27(26)25(21-9-3-1-4-10-21)22-11-5-2-6-12-22/h1-13,18,23,25,27H,14-17,19H2. The lowest BCUT2D eigenvalue weighted by Gasteiger charge is -2.49. The van der Waals surface area contributed by atoms with Gasteiger partial charge in [-0.25, -0.2) is 4.39 Å². The molecule has 0 saturated carbocycles. The fraction of sp³-hybridized carbons (Fsp3) is 0.296. The van der Waals surface area contributed by atoms with Gasteiger partial charge in [-0.1, -0.05) is 72.8 Å². The van der Waals surface area contributed by atoms with Crippen LogP contribution < -0.4 is 0 Å². The third-order valence-corrected chi connectivity index (χ3v) is 6.61. The highest BCUT2D eigenvalue weighted by Gasteiger charge is 2.43. The van der Waals surface area contributed by atoms with Crippen LogP contribution in [0.5, 0.6) is 0 Å². The molecule has 152 valence electrons. The summed E-state index contributed by atoms with van der Waals surface area (Å²) in [5.41, 5.74) is 4.91. The first-order valence-corrected chi connectivity index (χ1v) is 10.9. The van der Waals surface area contributed by atoms with E-state index in [1.54, 1.807) is 12.1 Å². The van der Waals surface area contributed by atoms with E-state index >= 15 is 0 Å². The molecule has 3 heteroatoms. The smallest absolute Gasteiger partial charge is 0.123 e. The summed E-state index contributed by atoms with van der Waals surface area (Å²) >= 11 is 0. The Kier molecular flexibility index (Phi) is 5.46. The number of hydrogen-bond acceptors (Lipinski definition) is 2. The van der Waals surface area contributed by atoms with Gasteiger partial charge >= 0.3 is 0 Å². The first-order chi connectivity index (χ1) is 14.8. The number of nitrogens with zero attached hydrogens (tertiary/aromatic N) is 2. The van der Waals surface area contributed by atoms with Gasteiger partial charge < -0.3 is 0 Å². The maximum absolute atomic E-state index is 13.7. The van der Waals surface area contributed by atoms with Crippen molar-refractivity contribution in [1.82, 2.24) is 4.90 Å². The van der Waals surface area contributed by atoms with Crippen LogP contribution in [0, 0.1) is 11.7 Å². The van der Waals surface area contributed by atoms with Crippen LogP contribution in [0.1, 0.15) is 35.4 Å². The van der Waals surface area contributed by atoms with Crippen LogP contribution in [0.2, 0.25) is 0 Å². The average Bonchev–Trinajstić information content (AvgIpc) is 2.81. The number of halogens is 1. The van der Waals surface area contributed by atoms with E-state index in [0.717, 1.165) is 18.7 Å². The van der Waals surface area contributed by atoms with E-state index in [0.29, 0.717) is 12.5 Å². The van der Waals surface area contributed by atoms with E-state index in [2.05, 4.69) is 65.6 Å². The lowest BCUT2D eigenvalue weighted by atomic mass is 9.72. The van der Waals surface area contributed by atoms with Gasteiger partial charge in [-0.15, -0.1) is 0 Å². The molecule has 3 saturated heterocycles. The zero-order valence-corrected chi connectivity index (χ0v) is 17.1. The Morgan fingerprint density at radius 1 is 0.833 bits per heavy atom. The van der Waals surface area contributed by atoms with Crippen LogP contribution in [0.3, 0.4) is 0 Å². The van der Waals surface area contributed by atoms with Crippen molar-refractivity contribution in [3.63, 3.8) is 0 Å². The second-order valence-corrected chi connectivity index (χ2v) is 8.43. The molecule has 2 bridgehead atoms. The molecule has 0 aromatic heterocycles. The fourth-order valence-corrected chi connectivity index (χ4v) is 5.20. The third kappa shape index (κ3) is 3.82. The van der Waals surface area contributed by atoms with Gasteiger partial charge in [-0.05, 0) is 54.8 Å².